The zero-order chi connectivity index (χ0) is 16.1. The summed E-state index contributed by atoms with van der Waals surface area (Å²) in [5.41, 5.74) is 0.833. The molecule has 22 heavy (non-hydrogen) atoms. The van der Waals surface area contributed by atoms with Crippen LogP contribution in [0.5, 0.6) is 0 Å². The van der Waals surface area contributed by atoms with Crippen molar-refractivity contribution in [2.24, 2.45) is 0 Å². The lowest BCUT2D eigenvalue weighted by molar-refractivity contribution is -0.136. The van der Waals surface area contributed by atoms with E-state index < -0.39 is 17.8 Å². The number of carboxylic acids is 1. The maximum Gasteiger partial charge on any atom is 0.337 e. The first-order valence-electron chi connectivity index (χ1n) is 6.36. The number of methoxy groups -OCH3 is 1. The molecule has 2 aromatic carbocycles. The summed E-state index contributed by atoms with van der Waals surface area (Å²) in [6, 6.07) is 11.0. The predicted octanol–water partition coefficient (Wildman–Crippen LogP) is 3.39. The zero-order valence-corrected chi connectivity index (χ0v) is 12.5. The second-order valence-corrected chi connectivity index (χ2v) is 5.57. The van der Waals surface area contributed by atoms with Crippen LogP contribution in [0.3, 0.4) is 0 Å². The fourth-order valence-corrected chi connectivity index (χ4v) is 2.62. The van der Waals surface area contributed by atoms with E-state index in [4.69, 9.17) is 5.11 Å². The Balaban J connectivity index is 2.13. The number of carbonyl (C=O) groups excluding carboxylic acids is 1. The van der Waals surface area contributed by atoms with Crippen molar-refractivity contribution < 1.29 is 23.8 Å². The highest BCUT2D eigenvalue weighted by atomic mass is 32.2. The average Bonchev–Trinajstić information content (AvgIpc) is 2.50. The number of halogens is 1. The molecule has 0 bridgehead atoms. The highest BCUT2D eigenvalue weighted by Crippen LogP contribution is 2.30. The molecule has 0 aliphatic heterocycles. The SMILES string of the molecule is COC(=O)c1ccc(Sc2ccc(CC(=O)O)cc2)c(F)c1. The van der Waals surface area contributed by atoms with Crippen LogP contribution >= 0.6 is 11.8 Å². The lowest BCUT2D eigenvalue weighted by atomic mass is 10.2. The first-order valence-corrected chi connectivity index (χ1v) is 7.17. The molecule has 2 aromatic rings. The lowest BCUT2D eigenvalue weighted by Crippen LogP contribution is -2.01. The summed E-state index contributed by atoms with van der Waals surface area (Å²) in [6.07, 6.45) is -0.0485. The van der Waals surface area contributed by atoms with Gasteiger partial charge in [0, 0.05) is 9.79 Å². The van der Waals surface area contributed by atoms with Crippen LogP contribution in [0.25, 0.3) is 0 Å². The van der Waals surface area contributed by atoms with Crippen LogP contribution in [0.2, 0.25) is 0 Å². The number of hydrogen-bond acceptors (Lipinski definition) is 4. The summed E-state index contributed by atoms with van der Waals surface area (Å²) in [5, 5.41) is 8.71. The first kappa shape index (κ1) is 16.0. The fraction of sp³-hybridized carbons (Fsp3) is 0.125. The highest BCUT2D eigenvalue weighted by Gasteiger charge is 2.11. The zero-order valence-electron chi connectivity index (χ0n) is 11.7. The van der Waals surface area contributed by atoms with Gasteiger partial charge in [0.15, 0.2) is 0 Å². The number of carboxylic acid groups (broad SMARTS) is 1. The number of hydrogen-bond donors (Lipinski definition) is 1. The maximum atomic E-state index is 14.0. The first-order chi connectivity index (χ1) is 10.5. The summed E-state index contributed by atoms with van der Waals surface area (Å²) in [6.45, 7) is 0. The Morgan fingerprint density at radius 1 is 1.18 bits per heavy atom. The van der Waals surface area contributed by atoms with Crippen LogP contribution in [0.4, 0.5) is 4.39 Å². The van der Waals surface area contributed by atoms with E-state index in [0.717, 1.165) is 11.0 Å². The summed E-state index contributed by atoms with van der Waals surface area (Å²) in [4.78, 5) is 23.1. The molecule has 0 radical (unpaired) electrons. The van der Waals surface area contributed by atoms with Gasteiger partial charge in [-0.05, 0) is 35.9 Å². The van der Waals surface area contributed by atoms with Crippen molar-refractivity contribution in [1.82, 2.24) is 0 Å². The molecule has 2 rings (SSSR count). The van der Waals surface area contributed by atoms with Crippen LogP contribution in [0.1, 0.15) is 15.9 Å². The monoisotopic (exact) mass is 320 g/mol. The van der Waals surface area contributed by atoms with Crippen LogP contribution < -0.4 is 0 Å². The van der Waals surface area contributed by atoms with E-state index in [2.05, 4.69) is 4.74 Å². The highest BCUT2D eigenvalue weighted by molar-refractivity contribution is 7.99. The van der Waals surface area contributed by atoms with Crippen molar-refractivity contribution in [2.75, 3.05) is 7.11 Å². The molecular formula is C16H13FO4S. The molecule has 0 aliphatic carbocycles. The molecule has 0 unspecified atom stereocenters. The minimum Gasteiger partial charge on any atom is -0.481 e. The van der Waals surface area contributed by atoms with Gasteiger partial charge < -0.3 is 9.84 Å². The fourth-order valence-electron chi connectivity index (χ4n) is 1.81. The largest absolute Gasteiger partial charge is 0.481 e. The number of esters is 1. The van der Waals surface area contributed by atoms with Gasteiger partial charge in [0.1, 0.15) is 5.82 Å². The second kappa shape index (κ2) is 7.09. The molecule has 0 saturated carbocycles. The molecule has 0 spiro atoms. The molecule has 0 atom stereocenters. The molecule has 0 fully saturated rings. The minimum absolute atomic E-state index is 0.0485. The smallest absolute Gasteiger partial charge is 0.337 e. The Labute approximate surface area is 130 Å². The molecule has 0 aliphatic rings. The van der Waals surface area contributed by atoms with Crippen molar-refractivity contribution in [3.8, 4) is 0 Å². The van der Waals surface area contributed by atoms with E-state index in [1.807, 2.05) is 0 Å². The number of carbonyl (C=O) groups is 2. The van der Waals surface area contributed by atoms with E-state index in [0.29, 0.717) is 10.5 Å². The van der Waals surface area contributed by atoms with Gasteiger partial charge in [-0.2, -0.15) is 0 Å². The van der Waals surface area contributed by atoms with Gasteiger partial charge in [-0.15, -0.1) is 0 Å². The lowest BCUT2D eigenvalue weighted by Gasteiger charge is -2.06. The Morgan fingerprint density at radius 2 is 1.86 bits per heavy atom. The summed E-state index contributed by atoms with van der Waals surface area (Å²) < 4.78 is 18.5. The van der Waals surface area contributed by atoms with Gasteiger partial charge >= 0.3 is 11.9 Å². The van der Waals surface area contributed by atoms with Crippen molar-refractivity contribution >= 4 is 23.7 Å². The van der Waals surface area contributed by atoms with Gasteiger partial charge in [-0.3, -0.25) is 4.79 Å². The van der Waals surface area contributed by atoms with Crippen molar-refractivity contribution in [3.63, 3.8) is 0 Å². The van der Waals surface area contributed by atoms with Gasteiger partial charge in [0.2, 0.25) is 0 Å². The predicted molar refractivity (Wildman–Crippen MR) is 79.6 cm³/mol. The topological polar surface area (TPSA) is 63.6 Å². The Kier molecular flexibility index (Phi) is 5.16. The van der Waals surface area contributed by atoms with Crippen LogP contribution in [0.15, 0.2) is 52.3 Å². The van der Waals surface area contributed by atoms with E-state index in [9.17, 15) is 14.0 Å². The van der Waals surface area contributed by atoms with Crippen molar-refractivity contribution in [1.29, 1.82) is 0 Å². The maximum absolute atomic E-state index is 14.0. The van der Waals surface area contributed by atoms with Crippen molar-refractivity contribution in [3.05, 3.63) is 59.4 Å². The number of ether oxygens (including phenoxy) is 1. The van der Waals surface area contributed by atoms with Crippen LogP contribution in [-0.2, 0) is 16.0 Å². The third-order valence-corrected chi connectivity index (χ3v) is 3.92. The van der Waals surface area contributed by atoms with E-state index >= 15 is 0 Å². The van der Waals surface area contributed by atoms with E-state index in [1.165, 1.54) is 31.0 Å². The van der Waals surface area contributed by atoms with E-state index in [1.54, 1.807) is 24.3 Å². The molecule has 0 saturated heterocycles. The molecule has 114 valence electrons. The van der Waals surface area contributed by atoms with Gasteiger partial charge in [0.25, 0.3) is 0 Å². The van der Waals surface area contributed by atoms with Crippen LogP contribution in [-0.4, -0.2) is 24.2 Å². The molecule has 0 aromatic heterocycles. The van der Waals surface area contributed by atoms with Gasteiger partial charge in [0.05, 0.1) is 19.1 Å². The quantitative estimate of drug-likeness (QED) is 0.856. The van der Waals surface area contributed by atoms with Gasteiger partial charge in [-0.1, -0.05) is 23.9 Å². The molecule has 6 heteroatoms. The standard InChI is InChI=1S/C16H13FO4S/c1-21-16(20)11-4-7-14(13(17)9-11)22-12-5-2-10(3-6-12)8-15(18)19/h2-7,9H,8H2,1H3,(H,18,19). The summed E-state index contributed by atoms with van der Waals surface area (Å²) in [5.74, 6) is -2.00. The minimum atomic E-state index is -0.898. The van der Waals surface area contributed by atoms with E-state index in [-0.39, 0.29) is 12.0 Å². The Bertz CT molecular complexity index is 698. The van der Waals surface area contributed by atoms with Crippen molar-refractivity contribution in [2.45, 2.75) is 16.2 Å². The summed E-state index contributed by atoms with van der Waals surface area (Å²) in [7, 11) is 1.24. The third-order valence-electron chi connectivity index (χ3n) is 2.86. The molecule has 0 heterocycles. The number of aliphatic carboxylic acids is 1. The second-order valence-electron chi connectivity index (χ2n) is 4.45. The summed E-state index contributed by atoms with van der Waals surface area (Å²) >= 11 is 1.20. The molecule has 4 nitrogen and oxygen atoms in total. The van der Waals surface area contributed by atoms with Crippen LogP contribution in [0, 0.1) is 5.82 Å². The molecular weight excluding hydrogens is 307 g/mol. The molecule has 0 amide bonds. The van der Waals surface area contributed by atoms with Gasteiger partial charge in [-0.25, -0.2) is 9.18 Å². The number of benzene rings is 2. The molecule has 1 N–H and O–H groups in total. The Hall–Kier alpha value is -2.34. The normalized spacial score (nSPS) is 10.3. The Morgan fingerprint density at radius 3 is 2.41 bits per heavy atom. The average molecular weight is 320 g/mol. The number of rotatable bonds is 5. The third kappa shape index (κ3) is 4.08.